The van der Waals surface area contributed by atoms with Crippen molar-refractivity contribution in [1.29, 1.82) is 0 Å². The summed E-state index contributed by atoms with van der Waals surface area (Å²) in [6, 6.07) is 12.7. The second kappa shape index (κ2) is 6.54. The van der Waals surface area contributed by atoms with E-state index in [1.165, 1.54) is 0 Å². The SMILES string of the molecule is COc1cccc(N(C)Cc2cccc(C(N)=S)c2F)c1. The molecule has 3 nitrogen and oxygen atoms in total. The van der Waals surface area contributed by atoms with Crippen LogP contribution in [0.2, 0.25) is 0 Å². The molecule has 0 atom stereocenters. The molecule has 0 saturated heterocycles. The van der Waals surface area contributed by atoms with E-state index in [0.717, 1.165) is 11.4 Å². The van der Waals surface area contributed by atoms with Crippen molar-refractivity contribution in [3.8, 4) is 5.75 Å². The number of ether oxygens (including phenoxy) is 1. The molecule has 2 N–H and O–H groups in total. The summed E-state index contributed by atoms with van der Waals surface area (Å²) < 4.78 is 19.5. The van der Waals surface area contributed by atoms with Crippen molar-refractivity contribution < 1.29 is 9.13 Å². The van der Waals surface area contributed by atoms with Crippen LogP contribution in [0.3, 0.4) is 0 Å². The van der Waals surface area contributed by atoms with Crippen molar-refractivity contribution in [1.82, 2.24) is 0 Å². The molecule has 0 saturated carbocycles. The molecule has 2 aromatic rings. The molecule has 0 unspecified atom stereocenters. The van der Waals surface area contributed by atoms with E-state index in [-0.39, 0.29) is 16.4 Å². The molecule has 0 fully saturated rings. The Labute approximate surface area is 129 Å². The van der Waals surface area contributed by atoms with Crippen molar-refractivity contribution in [3.05, 3.63) is 59.4 Å². The zero-order valence-corrected chi connectivity index (χ0v) is 12.8. The van der Waals surface area contributed by atoms with E-state index in [9.17, 15) is 4.39 Å². The summed E-state index contributed by atoms with van der Waals surface area (Å²) in [6.07, 6.45) is 0. The summed E-state index contributed by atoms with van der Waals surface area (Å²) in [5.41, 5.74) is 7.29. The van der Waals surface area contributed by atoms with E-state index in [0.29, 0.717) is 12.1 Å². The molecule has 110 valence electrons. The van der Waals surface area contributed by atoms with Crippen LogP contribution in [-0.2, 0) is 6.54 Å². The van der Waals surface area contributed by atoms with Gasteiger partial charge in [-0.2, -0.15) is 0 Å². The van der Waals surface area contributed by atoms with Gasteiger partial charge in [0, 0.05) is 36.5 Å². The number of halogens is 1. The van der Waals surface area contributed by atoms with E-state index >= 15 is 0 Å². The Morgan fingerprint density at radius 3 is 2.67 bits per heavy atom. The standard InChI is InChI=1S/C16H17FN2OS/c1-19(12-6-4-7-13(9-12)20-2)10-11-5-3-8-14(15(11)17)16(18)21/h3-9H,10H2,1-2H3,(H2,18,21). The van der Waals surface area contributed by atoms with E-state index < -0.39 is 0 Å². The molecule has 2 aromatic carbocycles. The molecule has 0 radical (unpaired) electrons. The van der Waals surface area contributed by atoms with Crippen molar-refractivity contribution in [2.24, 2.45) is 5.73 Å². The fourth-order valence-electron chi connectivity index (χ4n) is 2.09. The summed E-state index contributed by atoms with van der Waals surface area (Å²) in [4.78, 5) is 2.00. The molecular weight excluding hydrogens is 287 g/mol. The minimum absolute atomic E-state index is 0.0679. The zero-order chi connectivity index (χ0) is 15.4. The van der Waals surface area contributed by atoms with Gasteiger partial charge in [-0.3, -0.25) is 0 Å². The van der Waals surface area contributed by atoms with Gasteiger partial charge in [0.2, 0.25) is 0 Å². The van der Waals surface area contributed by atoms with Gasteiger partial charge in [0.25, 0.3) is 0 Å². The Bertz CT molecular complexity index is 660. The summed E-state index contributed by atoms with van der Waals surface area (Å²) in [6.45, 7) is 0.412. The number of rotatable bonds is 5. The second-order valence-electron chi connectivity index (χ2n) is 4.70. The van der Waals surface area contributed by atoms with Crippen LogP contribution in [0.5, 0.6) is 5.75 Å². The number of benzene rings is 2. The Morgan fingerprint density at radius 1 is 1.29 bits per heavy atom. The fraction of sp³-hybridized carbons (Fsp3) is 0.188. The molecule has 0 aromatic heterocycles. The minimum atomic E-state index is -0.361. The van der Waals surface area contributed by atoms with Crippen LogP contribution < -0.4 is 15.4 Å². The fourth-order valence-corrected chi connectivity index (χ4v) is 2.24. The van der Waals surface area contributed by atoms with Crippen LogP contribution in [0.25, 0.3) is 0 Å². The lowest BCUT2D eigenvalue weighted by atomic mass is 10.1. The molecular formula is C16H17FN2OS. The van der Waals surface area contributed by atoms with Crippen LogP contribution in [0.4, 0.5) is 10.1 Å². The van der Waals surface area contributed by atoms with Crippen molar-refractivity contribution in [2.75, 3.05) is 19.1 Å². The summed E-state index contributed by atoms with van der Waals surface area (Å²) in [5.74, 6) is 0.399. The van der Waals surface area contributed by atoms with Gasteiger partial charge in [-0.1, -0.05) is 30.4 Å². The Morgan fingerprint density at radius 2 is 2.00 bits per heavy atom. The average Bonchev–Trinajstić information content (AvgIpc) is 2.49. The summed E-state index contributed by atoms with van der Waals surface area (Å²) in [7, 11) is 3.51. The lowest BCUT2D eigenvalue weighted by Crippen LogP contribution is -2.19. The third kappa shape index (κ3) is 3.49. The van der Waals surface area contributed by atoms with Crippen molar-refractivity contribution >= 4 is 22.9 Å². The number of nitrogens with two attached hydrogens (primary N) is 1. The molecule has 0 aliphatic heterocycles. The molecule has 5 heteroatoms. The first kappa shape index (κ1) is 15.3. The maximum Gasteiger partial charge on any atom is 0.138 e. The summed E-state index contributed by atoms with van der Waals surface area (Å²) >= 11 is 4.86. The normalized spacial score (nSPS) is 10.2. The number of thiocarbonyl (C=S) groups is 1. The number of nitrogens with zero attached hydrogens (tertiary/aromatic N) is 1. The van der Waals surface area contributed by atoms with Gasteiger partial charge in [-0.05, 0) is 18.2 Å². The number of hydrogen-bond donors (Lipinski definition) is 1. The maximum absolute atomic E-state index is 14.3. The van der Waals surface area contributed by atoms with Crippen LogP contribution in [0.1, 0.15) is 11.1 Å². The first-order chi connectivity index (χ1) is 10.0. The third-order valence-electron chi connectivity index (χ3n) is 3.25. The minimum Gasteiger partial charge on any atom is -0.497 e. The second-order valence-corrected chi connectivity index (χ2v) is 5.14. The van der Waals surface area contributed by atoms with Crippen LogP contribution in [0, 0.1) is 5.82 Å². The van der Waals surface area contributed by atoms with Gasteiger partial charge in [0.15, 0.2) is 0 Å². The van der Waals surface area contributed by atoms with Crippen LogP contribution in [0.15, 0.2) is 42.5 Å². The smallest absolute Gasteiger partial charge is 0.138 e. The van der Waals surface area contributed by atoms with E-state index in [1.807, 2.05) is 36.2 Å². The van der Waals surface area contributed by atoms with Gasteiger partial charge in [0.1, 0.15) is 16.6 Å². The Kier molecular flexibility index (Phi) is 4.75. The van der Waals surface area contributed by atoms with Gasteiger partial charge >= 0.3 is 0 Å². The highest BCUT2D eigenvalue weighted by molar-refractivity contribution is 7.80. The molecule has 0 spiro atoms. The molecule has 0 aliphatic rings. The molecule has 21 heavy (non-hydrogen) atoms. The third-order valence-corrected chi connectivity index (χ3v) is 3.47. The maximum atomic E-state index is 14.3. The van der Waals surface area contributed by atoms with Crippen LogP contribution in [-0.4, -0.2) is 19.1 Å². The topological polar surface area (TPSA) is 38.5 Å². The number of anilines is 1. The lowest BCUT2D eigenvalue weighted by Gasteiger charge is -2.20. The summed E-state index contributed by atoms with van der Waals surface area (Å²) in [5, 5.41) is 0. The largest absolute Gasteiger partial charge is 0.497 e. The van der Waals surface area contributed by atoms with Gasteiger partial charge in [-0.15, -0.1) is 0 Å². The average molecular weight is 304 g/mol. The Balaban J connectivity index is 2.25. The van der Waals surface area contributed by atoms with Crippen molar-refractivity contribution in [3.63, 3.8) is 0 Å². The first-order valence-electron chi connectivity index (χ1n) is 6.45. The molecule has 0 amide bonds. The van der Waals surface area contributed by atoms with Gasteiger partial charge in [0.05, 0.1) is 7.11 Å². The molecule has 0 heterocycles. The highest BCUT2D eigenvalue weighted by atomic mass is 32.1. The number of hydrogen-bond acceptors (Lipinski definition) is 3. The first-order valence-corrected chi connectivity index (χ1v) is 6.86. The molecule has 2 rings (SSSR count). The molecule has 0 bridgehead atoms. The van der Waals surface area contributed by atoms with E-state index in [4.69, 9.17) is 22.7 Å². The quantitative estimate of drug-likeness (QED) is 0.862. The zero-order valence-electron chi connectivity index (χ0n) is 12.0. The molecule has 0 aliphatic carbocycles. The highest BCUT2D eigenvalue weighted by Crippen LogP contribution is 2.22. The lowest BCUT2D eigenvalue weighted by molar-refractivity contribution is 0.415. The van der Waals surface area contributed by atoms with Gasteiger partial charge in [-0.25, -0.2) is 4.39 Å². The van der Waals surface area contributed by atoms with Crippen LogP contribution >= 0.6 is 12.2 Å². The highest BCUT2D eigenvalue weighted by Gasteiger charge is 2.12. The monoisotopic (exact) mass is 304 g/mol. The van der Waals surface area contributed by atoms with E-state index in [1.54, 1.807) is 25.3 Å². The van der Waals surface area contributed by atoms with Gasteiger partial charge < -0.3 is 15.4 Å². The predicted octanol–water partition coefficient (Wildman–Crippen LogP) is 3.10. The Hall–Kier alpha value is -2.14. The number of methoxy groups -OCH3 is 1. The van der Waals surface area contributed by atoms with E-state index in [2.05, 4.69) is 0 Å². The predicted molar refractivity (Wildman–Crippen MR) is 87.4 cm³/mol. The van der Waals surface area contributed by atoms with Crippen molar-refractivity contribution in [2.45, 2.75) is 6.54 Å².